The fourth-order valence-electron chi connectivity index (χ4n) is 2.84. The number of rotatable bonds is 6. The van der Waals surface area contributed by atoms with Gasteiger partial charge in [0, 0.05) is 25.2 Å². The molecule has 1 amide bonds. The van der Waals surface area contributed by atoms with Crippen molar-refractivity contribution >= 4 is 15.9 Å². The van der Waals surface area contributed by atoms with Crippen molar-refractivity contribution in [1.82, 2.24) is 14.6 Å². The Hall–Kier alpha value is -2.71. The molecule has 27 heavy (non-hydrogen) atoms. The number of carbonyl (C=O) groups is 1. The van der Waals surface area contributed by atoms with E-state index in [0.717, 1.165) is 0 Å². The second-order valence-electron chi connectivity index (χ2n) is 6.14. The number of hydrogen-bond acceptors (Lipinski definition) is 5. The molecule has 0 atom stereocenters. The molecule has 0 unspecified atom stereocenters. The molecule has 2 heterocycles. The van der Waals surface area contributed by atoms with Crippen LogP contribution in [0, 0.1) is 0 Å². The van der Waals surface area contributed by atoms with Crippen LogP contribution in [0.5, 0.6) is 11.6 Å². The maximum atomic E-state index is 12.8. The molecule has 0 aliphatic carbocycles. The first-order valence-electron chi connectivity index (χ1n) is 8.61. The second-order valence-corrected chi connectivity index (χ2v) is 8.08. The molecule has 0 bridgehead atoms. The van der Waals surface area contributed by atoms with Gasteiger partial charge in [-0.2, -0.15) is 4.31 Å². The minimum absolute atomic E-state index is 0.0401. The number of piperidine rings is 1. The average Bonchev–Trinajstić information content (AvgIpc) is 2.69. The van der Waals surface area contributed by atoms with Crippen LogP contribution in [0.15, 0.2) is 66.2 Å². The van der Waals surface area contributed by atoms with Gasteiger partial charge >= 0.3 is 0 Å². The van der Waals surface area contributed by atoms with Crippen LogP contribution < -0.4 is 10.1 Å². The summed E-state index contributed by atoms with van der Waals surface area (Å²) in [5.41, 5.74) is 0. The van der Waals surface area contributed by atoms with Crippen LogP contribution in [0.1, 0.15) is 12.8 Å². The van der Waals surface area contributed by atoms with Crippen LogP contribution in [0.2, 0.25) is 0 Å². The summed E-state index contributed by atoms with van der Waals surface area (Å²) in [6.45, 7) is 4.10. The van der Waals surface area contributed by atoms with E-state index in [2.05, 4.69) is 16.9 Å². The quantitative estimate of drug-likeness (QED) is 0.769. The molecular formula is C19H21N3O4S. The molecule has 1 N–H and O–H groups in total. The number of nitrogens with zero attached hydrogens (tertiary/aromatic N) is 2. The molecule has 0 spiro atoms. The number of carbonyl (C=O) groups excluding carboxylic acids is 1. The van der Waals surface area contributed by atoms with Crippen LogP contribution in [-0.4, -0.2) is 42.7 Å². The standard InChI is InChI=1S/C19H21N3O4S/c1-2-18(23)21-15-10-12-22(13-11-15)27(24,25)17-8-9-19(20-14-17)26-16-6-4-3-5-7-16/h2-9,14-15H,1,10-13H2,(H,21,23). The highest BCUT2D eigenvalue weighted by Gasteiger charge is 2.30. The number of ether oxygens (including phenoxy) is 1. The molecular weight excluding hydrogens is 366 g/mol. The number of pyridine rings is 1. The van der Waals surface area contributed by atoms with Crippen LogP contribution in [-0.2, 0) is 14.8 Å². The predicted octanol–water partition coefficient (Wildman–Crippen LogP) is 2.33. The van der Waals surface area contributed by atoms with Gasteiger partial charge in [-0.3, -0.25) is 4.79 Å². The van der Waals surface area contributed by atoms with Gasteiger partial charge in [-0.1, -0.05) is 24.8 Å². The van der Waals surface area contributed by atoms with Gasteiger partial charge in [-0.25, -0.2) is 13.4 Å². The third-order valence-corrected chi connectivity index (χ3v) is 6.18. The van der Waals surface area contributed by atoms with Gasteiger partial charge in [0.05, 0.1) is 6.20 Å². The average molecular weight is 387 g/mol. The monoisotopic (exact) mass is 387 g/mol. The van der Waals surface area contributed by atoms with Crippen molar-refractivity contribution in [2.24, 2.45) is 0 Å². The van der Waals surface area contributed by atoms with E-state index in [9.17, 15) is 13.2 Å². The van der Waals surface area contributed by atoms with E-state index in [0.29, 0.717) is 37.6 Å². The van der Waals surface area contributed by atoms with Gasteiger partial charge < -0.3 is 10.1 Å². The van der Waals surface area contributed by atoms with Crippen molar-refractivity contribution in [1.29, 1.82) is 0 Å². The van der Waals surface area contributed by atoms with Crippen molar-refractivity contribution in [3.05, 3.63) is 61.3 Å². The molecule has 3 rings (SSSR count). The Morgan fingerprint density at radius 2 is 1.89 bits per heavy atom. The Kier molecular flexibility index (Phi) is 5.88. The van der Waals surface area contributed by atoms with Crippen molar-refractivity contribution in [2.75, 3.05) is 13.1 Å². The number of para-hydroxylation sites is 1. The van der Waals surface area contributed by atoms with Crippen molar-refractivity contribution in [3.63, 3.8) is 0 Å². The Labute approximate surface area is 158 Å². The summed E-state index contributed by atoms with van der Waals surface area (Å²) in [5, 5.41) is 2.80. The first kappa shape index (κ1) is 19.1. The van der Waals surface area contributed by atoms with Crippen molar-refractivity contribution < 1.29 is 17.9 Å². The molecule has 7 nitrogen and oxygen atoms in total. The van der Waals surface area contributed by atoms with Gasteiger partial charge in [0.25, 0.3) is 0 Å². The smallest absolute Gasteiger partial charge is 0.244 e. The third kappa shape index (κ3) is 4.72. The fraction of sp³-hybridized carbons (Fsp3) is 0.263. The molecule has 2 aromatic rings. The van der Waals surface area contributed by atoms with E-state index in [1.165, 1.54) is 28.7 Å². The van der Waals surface area contributed by atoms with Crippen molar-refractivity contribution in [3.8, 4) is 11.6 Å². The van der Waals surface area contributed by atoms with E-state index >= 15 is 0 Å². The summed E-state index contributed by atoms with van der Waals surface area (Å²) in [6.07, 6.45) is 3.63. The summed E-state index contributed by atoms with van der Waals surface area (Å²) in [4.78, 5) is 15.6. The molecule has 142 valence electrons. The number of benzene rings is 1. The predicted molar refractivity (Wildman–Crippen MR) is 101 cm³/mol. The number of hydrogen-bond donors (Lipinski definition) is 1. The Morgan fingerprint density at radius 3 is 2.48 bits per heavy atom. The van der Waals surface area contributed by atoms with Crippen LogP contribution >= 0.6 is 0 Å². The third-order valence-electron chi connectivity index (χ3n) is 4.30. The van der Waals surface area contributed by atoms with Crippen molar-refractivity contribution in [2.45, 2.75) is 23.8 Å². The highest BCUT2D eigenvalue weighted by molar-refractivity contribution is 7.89. The molecule has 8 heteroatoms. The molecule has 1 aliphatic heterocycles. The summed E-state index contributed by atoms with van der Waals surface area (Å²) in [5.74, 6) is 0.713. The SMILES string of the molecule is C=CC(=O)NC1CCN(S(=O)(=O)c2ccc(Oc3ccccc3)nc2)CC1. The zero-order valence-corrected chi connectivity index (χ0v) is 15.6. The molecule has 0 saturated carbocycles. The normalized spacial score (nSPS) is 15.9. The maximum absolute atomic E-state index is 12.8. The van der Waals surface area contributed by atoms with Crippen LogP contribution in [0.25, 0.3) is 0 Å². The van der Waals surface area contributed by atoms with Gasteiger partial charge in [0.1, 0.15) is 10.6 Å². The number of aromatic nitrogens is 1. The first-order valence-corrected chi connectivity index (χ1v) is 10.0. The lowest BCUT2D eigenvalue weighted by atomic mass is 10.1. The lowest BCUT2D eigenvalue weighted by Gasteiger charge is -2.31. The highest BCUT2D eigenvalue weighted by Crippen LogP contribution is 2.23. The summed E-state index contributed by atoms with van der Waals surface area (Å²) in [7, 11) is -3.63. The Balaban J connectivity index is 1.63. The zero-order valence-electron chi connectivity index (χ0n) is 14.7. The molecule has 1 aliphatic rings. The lowest BCUT2D eigenvalue weighted by Crippen LogP contribution is -2.46. The largest absolute Gasteiger partial charge is 0.439 e. The topological polar surface area (TPSA) is 88.6 Å². The maximum Gasteiger partial charge on any atom is 0.244 e. The fourth-order valence-corrected chi connectivity index (χ4v) is 4.25. The molecule has 1 fully saturated rings. The summed E-state index contributed by atoms with van der Waals surface area (Å²) in [6, 6.07) is 12.1. The first-order chi connectivity index (χ1) is 13.0. The van der Waals surface area contributed by atoms with E-state index in [1.807, 2.05) is 18.2 Å². The number of sulfonamides is 1. The van der Waals surface area contributed by atoms with Gasteiger partial charge in [-0.05, 0) is 37.1 Å². The van der Waals surface area contributed by atoms with E-state index in [4.69, 9.17) is 4.74 Å². The van der Waals surface area contributed by atoms with E-state index in [-0.39, 0.29) is 16.8 Å². The minimum atomic E-state index is -3.63. The molecule has 1 saturated heterocycles. The summed E-state index contributed by atoms with van der Waals surface area (Å²) < 4.78 is 32.6. The van der Waals surface area contributed by atoms with Gasteiger partial charge in [0.15, 0.2) is 0 Å². The number of amides is 1. The minimum Gasteiger partial charge on any atom is -0.439 e. The van der Waals surface area contributed by atoms with E-state index in [1.54, 1.807) is 12.1 Å². The molecule has 1 aromatic heterocycles. The van der Waals surface area contributed by atoms with Gasteiger partial charge in [-0.15, -0.1) is 0 Å². The summed E-state index contributed by atoms with van der Waals surface area (Å²) >= 11 is 0. The lowest BCUT2D eigenvalue weighted by molar-refractivity contribution is -0.117. The Morgan fingerprint density at radius 1 is 1.19 bits per heavy atom. The molecule has 1 aromatic carbocycles. The van der Waals surface area contributed by atoms with Crippen LogP contribution in [0.4, 0.5) is 0 Å². The van der Waals surface area contributed by atoms with Gasteiger partial charge in [0.2, 0.25) is 21.8 Å². The zero-order chi connectivity index (χ0) is 19.3. The van der Waals surface area contributed by atoms with Crippen LogP contribution in [0.3, 0.4) is 0 Å². The Bertz CT molecular complexity index is 890. The van der Waals surface area contributed by atoms with E-state index < -0.39 is 10.0 Å². The second kappa shape index (κ2) is 8.32. The highest BCUT2D eigenvalue weighted by atomic mass is 32.2. The number of nitrogens with one attached hydrogen (secondary N) is 1. The molecule has 0 radical (unpaired) electrons.